The number of halogens is 1. The summed E-state index contributed by atoms with van der Waals surface area (Å²) in [6.07, 6.45) is 2.30. The molecule has 4 rings (SSSR count). The van der Waals surface area contributed by atoms with E-state index in [4.69, 9.17) is 16.3 Å². The standard InChI is InChI=1S/C17H16ClN3O2/c18-16-12(4-6-13(21-16)10-1-2-10)17(22)20-11-3-5-14-15(9-11)23-8-7-19-14/h3-6,9-10,19H,1-2,7-8H2,(H,20,22). The third-order valence-electron chi connectivity index (χ3n) is 4.03. The molecule has 0 spiro atoms. The van der Waals surface area contributed by atoms with Gasteiger partial charge in [-0.05, 0) is 37.1 Å². The molecule has 0 bridgehead atoms. The van der Waals surface area contributed by atoms with Crippen LogP contribution < -0.4 is 15.4 Å². The van der Waals surface area contributed by atoms with Crippen molar-refractivity contribution in [3.05, 3.63) is 46.7 Å². The van der Waals surface area contributed by atoms with E-state index >= 15 is 0 Å². The van der Waals surface area contributed by atoms with Gasteiger partial charge in [0.15, 0.2) is 0 Å². The molecule has 1 aromatic carbocycles. The number of hydrogen-bond acceptors (Lipinski definition) is 4. The number of ether oxygens (including phenoxy) is 1. The van der Waals surface area contributed by atoms with Crippen molar-refractivity contribution in [1.29, 1.82) is 0 Å². The van der Waals surface area contributed by atoms with E-state index in [9.17, 15) is 4.79 Å². The van der Waals surface area contributed by atoms with Gasteiger partial charge >= 0.3 is 0 Å². The van der Waals surface area contributed by atoms with E-state index in [1.807, 2.05) is 18.2 Å². The van der Waals surface area contributed by atoms with Crippen LogP contribution in [0.2, 0.25) is 5.15 Å². The summed E-state index contributed by atoms with van der Waals surface area (Å²) in [5, 5.41) is 6.33. The first-order valence-corrected chi connectivity index (χ1v) is 8.07. The van der Waals surface area contributed by atoms with Gasteiger partial charge < -0.3 is 15.4 Å². The van der Waals surface area contributed by atoms with Crippen molar-refractivity contribution < 1.29 is 9.53 Å². The lowest BCUT2D eigenvalue weighted by atomic mass is 10.2. The Morgan fingerprint density at radius 2 is 2.17 bits per heavy atom. The fraction of sp³-hybridized carbons (Fsp3) is 0.294. The van der Waals surface area contributed by atoms with Crippen molar-refractivity contribution in [2.24, 2.45) is 0 Å². The maximum Gasteiger partial charge on any atom is 0.258 e. The van der Waals surface area contributed by atoms with Crippen LogP contribution in [0.4, 0.5) is 11.4 Å². The van der Waals surface area contributed by atoms with Crippen molar-refractivity contribution in [2.75, 3.05) is 23.8 Å². The van der Waals surface area contributed by atoms with Gasteiger partial charge in [-0.1, -0.05) is 11.6 Å². The van der Waals surface area contributed by atoms with Gasteiger partial charge in [-0.2, -0.15) is 0 Å². The molecule has 2 aromatic rings. The molecule has 1 aliphatic heterocycles. The smallest absolute Gasteiger partial charge is 0.258 e. The molecule has 0 unspecified atom stereocenters. The summed E-state index contributed by atoms with van der Waals surface area (Å²) in [5.41, 5.74) is 2.95. The van der Waals surface area contributed by atoms with Gasteiger partial charge in [-0.25, -0.2) is 4.98 Å². The van der Waals surface area contributed by atoms with Gasteiger partial charge in [0.25, 0.3) is 5.91 Å². The second-order valence-electron chi connectivity index (χ2n) is 5.79. The first-order chi connectivity index (χ1) is 11.2. The summed E-state index contributed by atoms with van der Waals surface area (Å²) >= 11 is 6.17. The van der Waals surface area contributed by atoms with Crippen LogP contribution in [0.15, 0.2) is 30.3 Å². The molecule has 1 saturated carbocycles. The Balaban J connectivity index is 1.53. The third-order valence-corrected chi connectivity index (χ3v) is 4.31. The van der Waals surface area contributed by atoms with Crippen molar-refractivity contribution in [3.63, 3.8) is 0 Å². The molecule has 1 aromatic heterocycles. The van der Waals surface area contributed by atoms with Crippen LogP contribution in [-0.2, 0) is 0 Å². The number of pyridine rings is 1. The Morgan fingerprint density at radius 3 is 2.96 bits per heavy atom. The van der Waals surface area contributed by atoms with Gasteiger partial charge in [0, 0.05) is 29.9 Å². The molecule has 6 heteroatoms. The van der Waals surface area contributed by atoms with Gasteiger partial charge in [-0.3, -0.25) is 4.79 Å². The fourth-order valence-corrected chi connectivity index (χ4v) is 2.88. The van der Waals surface area contributed by atoms with E-state index in [1.165, 1.54) is 0 Å². The fourth-order valence-electron chi connectivity index (χ4n) is 2.63. The topological polar surface area (TPSA) is 63.2 Å². The highest BCUT2D eigenvalue weighted by Crippen LogP contribution is 2.39. The van der Waals surface area contributed by atoms with Crippen LogP contribution in [0, 0.1) is 0 Å². The Bertz CT molecular complexity index is 774. The highest BCUT2D eigenvalue weighted by Gasteiger charge is 2.26. The Hall–Kier alpha value is -2.27. The zero-order valence-electron chi connectivity index (χ0n) is 12.4. The van der Waals surface area contributed by atoms with Crippen molar-refractivity contribution >= 4 is 28.9 Å². The second kappa shape index (κ2) is 5.74. The zero-order chi connectivity index (χ0) is 15.8. The molecular weight excluding hydrogens is 314 g/mol. The number of fused-ring (bicyclic) bond motifs is 1. The highest BCUT2D eigenvalue weighted by molar-refractivity contribution is 6.33. The number of carbonyl (C=O) groups excluding carboxylic acids is 1. The molecule has 118 valence electrons. The summed E-state index contributed by atoms with van der Waals surface area (Å²) in [6, 6.07) is 9.16. The van der Waals surface area contributed by atoms with E-state index in [-0.39, 0.29) is 11.1 Å². The number of anilines is 2. The third kappa shape index (κ3) is 2.97. The first kappa shape index (κ1) is 14.3. The lowest BCUT2D eigenvalue weighted by molar-refractivity contribution is 0.102. The molecule has 23 heavy (non-hydrogen) atoms. The van der Waals surface area contributed by atoms with Crippen LogP contribution in [0.1, 0.15) is 34.8 Å². The molecule has 2 N–H and O–H groups in total. The minimum Gasteiger partial charge on any atom is -0.490 e. The molecule has 2 aliphatic rings. The summed E-state index contributed by atoms with van der Waals surface area (Å²) in [6.45, 7) is 1.40. The number of aromatic nitrogens is 1. The van der Waals surface area contributed by atoms with E-state index in [2.05, 4.69) is 15.6 Å². The van der Waals surface area contributed by atoms with Crippen LogP contribution in [-0.4, -0.2) is 24.0 Å². The predicted molar refractivity (Wildman–Crippen MR) is 89.6 cm³/mol. The van der Waals surface area contributed by atoms with E-state index in [0.29, 0.717) is 23.8 Å². The van der Waals surface area contributed by atoms with Crippen molar-refractivity contribution in [3.8, 4) is 5.75 Å². The summed E-state index contributed by atoms with van der Waals surface area (Å²) < 4.78 is 5.57. The SMILES string of the molecule is O=C(Nc1ccc2c(c1)OCCN2)c1ccc(C2CC2)nc1Cl. The second-order valence-corrected chi connectivity index (χ2v) is 6.15. The number of benzene rings is 1. The van der Waals surface area contributed by atoms with E-state index < -0.39 is 0 Å². The average Bonchev–Trinajstić information content (AvgIpc) is 3.39. The molecular formula is C17H16ClN3O2. The van der Waals surface area contributed by atoms with Gasteiger partial charge in [-0.15, -0.1) is 0 Å². The summed E-state index contributed by atoms with van der Waals surface area (Å²) in [5.74, 6) is 0.978. The van der Waals surface area contributed by atoms with E-state index in [1.54, 1.807) is 12.1 Å². The molecule has 0 atom stereocenters. The number of carbonyl (C=O) groups is 1. The average molecular weight is 330 g/mol. The number of nitrogens with zero attached hydrogens (tertiary/aromatic N) is 1. The Labute approximate surface area is 139 Å². The number of rotatable bonds is 3. The first-order valence-electron chi connectivity index (χ1n) is 7.69. The monoisotopic (exact) mass is 329 g/mol. The predicted octanol–water partition coefficient (Wildman–Crippen LogP) is 3.67. The summed E-state index contributed by atoms with van der Waals surface area (Å²) in [7, 11) is 0. The lowest BCUT2D eigenvalue weighted by Crippen LogP contribution is -2.18. The van der Waals surface area contributed by atoms with Crippen molar-refractivity contribution in [2.45, 2.75) is 18.8 Å². The number of nitrogens with one attached hydrogen (secondary N) is 2. The largest absolute Gasteiger partial charge is 0.490 e. The Kier molecular flexibility index (Phi) is 3.58. The lowest BCUT2D eigenvalue weighted by Gasteiger charge is -2.19. The molecule has 1 fully saturated rings. The van der Waals surface area contributed by atoms with Crippen LogP contribution in [0.5, 0.6) is 5.75 Å². The zero-order valence-corrected chi connectivity index (χ0v) is 13.2. The van der Waals surface area contributed by atoms with Gasteiger partial charge in [0.1, 0.15) is 17.5 Å². The van der Waals surface area contributed by atoms with Crippen LogP contribution in [0.3, 0.4) is 0 Å². The Morgan fingerprint density at radius 1 is 1.30 bits per heavy atom. The summed E-state index contributed by atoms with van der Waals surface area (Å²) in [4.78, 5) is 16.7. The molecule has 0 radical (unpaired) electrons. The van der Waals surface area contributed by atoms with Crippen LogP contribution >= 0.6 is 11.6 Å². The maximum absolute atomic E-state index is 12.4. The minimum atomic E-state index is -0.270. The maximum atomic E-state index is 12.4. The normalized spacial score (nSPS) is 16.0. The number of amides is 1. The van der Waals surface area contributed by atoms with E-state index in [0.717, 1.165) is 36.5 Å². The molecule has 2 heterocycles. The van der Waals surface area contributed by atoms with Gasteiger partial charge in [0.05, 0.1) is 11.3 Å². The van der Waals surface area contributed by atoms with Gasteiger partial charge in [0.2, 0.25) is 0 Å². The minimum absolute atomic E-state index is 0.253. The molecule has 1 aliphatic carbocycles. The molecule has 1 amide bonds. The number of hydrogen-bond donors (Lipinski definition) is 2. The highest BCUT2D eigenvalue weighted by atomic mass is 35.5. The van der Waals surface area contributed by atoms with Crippen LogP contribution in [0.25, 0.3) is 0 Å². The molecule has 5 nitrogen and oxygen atoms in total. The van der Waals surface area contributed by atoms with Crippen molar-refractivity contribution in [1.82, 2.24) is 4.98 Å². The quantitative estimate of drug-likeness (QED) is 0.843. The molecule has 0 saturated heterocycles.